The molecular weight excluding hydrogens is 292 g/mol. The van der Waals surface area contributed by atoms with Gasteiger partial charge in [0.2, 0.25) is 0 Å². The van der Waals surface area contributed by atoms with Gasteiger partial charge in [-0.15, -0.1) is 0 Å². The fraction of sp³-hybridized carbons (Fsp3) is 0. The highest BCUT2D eigenvalue weighted by atomic mass is 28.1. The molecule has 23 heavy (non-hydrogen) atoms. The minimum absolute atomic E-state index is 1.09. The summed E-state index contributed by atoms with van der Waals surface area (Å²) in [6.07, 6.45) is 0. The van der Waals surface area contributed by atoms with E-state index in [1.54, 1.807) is 0 Å². The number of benzene rings is 5. The van der Waals surface area contributed by atoms with Crippen molar-refractivity contribution in [3.63, 3.8) is 0 Å². The molecule has 1 heteroatoms. The second kappa shape index (κ2) is 4.67. The Morgan fingerprint density at radius 3 is 1.57 bits per heavy atom. The molecule has 5 aromatic rings. The van der Waals surface area contributed by atoms with Gasteiger partial charge in [0.15, 0.2) is 0 Å². The van der Waals surface area contributed by atoms with E-state index in [1.807, 2.05) is 0 Å². The fourth-order valence-corrected chi connectivity index (χ4v) is 4.25. The summed E-state index contributed by atoms with van der Waals surface area (Å²) in [5.41, 5.74) is 0. The third-order valence-corrected chi connectivity index (χ3v) is 5.75. The van der Waals surface area contributed by atoms with Gasteiger partial charge < -0.3 is 0 Å². The highest BCUT2D eigenvalue weighted by Crippen LogP contribution is 2.29. The van der Waals surface area contributed by atoms with Crippen LogP contribution in [0.5, 0.6) is 0 Å². The summed E-state index contributed by atoms with van der Waals surface area (Å²) in [6.45, 7) is 0. The molecule has 0 aliphatic rings. The summed E-state index contributed by atoms with van der Waals surface area (Å²) in [5.74, 6) is 0. The van der Waals surface area contributed by atoms with Crippen molar-refractivity contribution >= 4 is 58.5 Å². The highest BCUT2D eigenvalue weighted by Gasteiger charge is 2.04. The van der Waals surface area contributed by atoms with Crippen LogP contribution in [0.3, 0.4) is 0 Å². The van der Waals surface area contributed by atoms with E-state index < -0.39 is 0 Å². The molecule has 5 aromatic carbocycles. The molecule has 0 saturated heterocycles. The van der Waals surface area contributed by atoms with Gasteiger partial charge in [-0.05, 0) is 79.5 Å². The maximum atomic E-state index is 2.36. The van der Waals surface area contributed by atoms with E-state index in [4.69, 9.17) is 0 Å². The van der Waals surface area contributed by atoms with Crippen LogP contribution in [0, 0.1) is 0 Å². The van der Waals surface area contributed by atoms with Crippen molar-refractivity contribution in [2.75, 3.05) is 0 Å². The number of hydrogen-bond acceptors (Lipinski definition) is 0. The van der Waals surface area contributed by atoms with E-state index in [2.05, 4.69) is 78.9 Å². The van der Waals surface area contributed by atoms with Crippen LogP contribution in [0.15, 0.2) is 78.9 Å². The average molecular weight is 308 g/mol. The zero-order valence-electron chi connectivity index (χ0n) is 13.0. The maximum absolute atomic E-state index is 2.36. The molecule has 0 aliphatic carbocycles. The molecule has 0 N–H and O–H groups in total. The molecule has 0 fully saturated rings. The molecule has 0 spiro atoms. The van der Waals surface area contributed by atoms with Crippen molar-refractivity contribution in [1.29, 1.82) is 0 Å². The predicted molar refractivity (Wildman–Crippen MR) is 106 cm³/mol. The van der Waals surface area contributed by atoms with Gasteiger partial charge in [-0.3, -0.25) is 0 Å². The molecule has 108 valence electrons. The van der Waals surface area contributed by atoms with Crippen LogP contribution in [0.4, 0.5) is 0 Å². The first-order valence-corrected chi connectivity index (χ1v) is 9.04. The second-order valence-electron chi connectivity index (χ2n) is 6.39. The largest absolute Gasteiger partial charge is 0.0634 e. The van der Waals surface area contributed by atoms with Crippen LogP contribution < -0.4 is 5.19 Å². The monoisotopic (exact) mass is 308 g/mol. The molecule has 0 unspecified atom stereocenters. The number of fused-ring (bicyclic) bond motifs is 4. The Bertz CT molecular complexity index is 1220. The molecule has 0 amide bonds. The van der Waals surface area contributed by atoms with Crippen LogP contribution >= 0.6 is 0 Å². The van der Waals surface area contributed by atoms with Crippen LogP contribution in [0.2, 0.25) is 0 Å². The molecule has 0 radical (unpaired) electrons. The Labute approximate surface area is 137 Å². The highest BCUT2D eigenvalue weighted by molar-refractivity contribution is 6.39. The Kier molecular flexibility index (Phi) is 2.61. The first-order valence-electron chi connectivity index (χ1n) is 8.04. The van der Waals surface area contributed by atoms with Gasteiger partial charge in [-0.1, -0.05) is 47.7 Å². The third-order valence-electron chi connectivity index (χ3n) is 4.88. The van der Waals surface area contributed by atoms with Gasteiger partial charge in [0.05, 0.1) is 0 Å². The first-order chi connectivity index (χ1) is 11.3. The van der Waals surface area contributed by atoms with Gasteiger partial charge >= 0.3 is 0 Å². The van der Waals surface area contributed by atoms with Gasteiger partial charge in [0.1, 0.15) is 0 Å². The number of rotatable bonds is 0. The Balaban J connectivity index is 1.93. The van der Waals surface area contributed by atoms with Crippen LogP contribution in [0.1, 0.15) is 0 Å². The molecule has 0 aromatic heterocycles. The van der Waals surface area contributed by atoms with Crippen molar-refractivity contribution < 1.29 is 0 Å². The molecule has 5 rings (SSSR count). The minimum atomic E-state index is 1.09. The lowest BCUT2D eigenvalue weighted by atomic mass is 9.97. The van der Waals surface area contributed by atoms with E-state index in [1.165, 1.54) is 48.3 Å². The molecule has 0 aliphatic heterocycles. The van der Waals surface area contributed by atoms with Crippen LogP contribution in [0.25, 0.3) is 43.1 Å². The molecule has 0 nitrogen and oxygen atoms in total. The quantitative estimate of drug-likeness (QED) is 0.296. The second-order valence-corrected chi connectivity index (χ2v) is 7.47. The van der Waals surface area contributed by atoms with Crippen molar-refractivity contribution in [2.24, 2.45) is 0 Å². The molecule has 0 saturated carbocycles. The molecule has 0 bridgehead atoms. The Morgan fingerprint density at radius 2 is 0.913 bits per heavy atom. The maximum Gasteiger partial charge on any atom is 0.0393 e. The zero-order chi connectivity index (χ0) is 15.4. The smallest absolute Gasteiger partial charge is 0.0393 e. The number of hydrogen-bond donors (Lipinski definition) is 0. The summed E-state index contributed by atoms with van der Waals surface area (Å²) in [7, 11) is 1.09. The first kappa shape index (κ1) is 12.9. The Morgan fingerprint density at radius 1 is 0.435 bits per heavy atom. The van der Waals surface area contributed by atoms with Gasteiger partial charge in [0, 0.05) is 10.2 Å². The van der Waals surface area contributed by atoms with Crippen molar-refractivity contribution in [3.8, 4) is 0 Å². The molecule has 0 atom stereocenters. The normalized spacial score (nSPS) is 11.8. The lowest BCUT2D eigenvalue weighted by Gasteiger charge is -2.08. The lowest BCUT2D eigenvalue weighted by molar-refractivity contribution is 1.79. The standard InChI is InChI=1S/C22H16Si/c23-22-7-3-6-16-10-19-11-17-8-14-4-1-2-5-15(14)9-18(17)12-20(19)13-21(16)22/h1-13H,23H3. The van der Waals surface area contributed by atoms with Gasteiger partial charge in [0.25, 0.3) is 0 Å². The van der Waals surface area contributed by atoms with Gasteiger partial charge in [-0.25, -0.2) is 0 Å². The van der Waals surface area contributed by atoms with E-state index in [0.717, 1.165) is 10.2 Å². The molecular formula is C22H16Si. The zero-order valence-corrected chi connectivity index (χ0v) is 15.0. The topological polar surface area (TPSA) is 0 Å². The average Bonchev–Trinajstić information content (AvgIpc) is 2.57. The minimum Gasteiger partial charge on any atom is -0.0634 e. The van der Waals surface area contributed by atoms with Crippen LogP contribution in [-0.2, 0) is 0 Å². The van der Waals surface area contributed by atoms with E-state index in [-0.39, 0.29) is 0 Å². The van der Waals surface area contributed by atoms with E-state index in [0.29, 0.717) is 0 Å². The Hall–Kier alpha value is -2.64. The van der Waals surface area contributed by atoms with Crippen molar-refractivity contribution in [2.45, 2.75) is 0 Å². The van der Waals surface area contributed by atoms with Gasteiger partial charge in [-0.2, -0.15) is 0 Å². The summed E-state index contributed by atoms with van der Waals surface area (Å²) >= 11 is 0. The van der Waals surface area contributed by atoms with E-state index in [9.17, 15) is 0 Å². The summed E-state index contributed by atoms with van der Waals surface area (Å²) in [5, 5.41) is 12.2. The molecule has 0 heterocycles. The summed E-state index contributed by atoms with van der Waals surface area (Å²) < 4.78 is 0. The van der Waals surface area contributed by atoms with Crippen molar-refractivity contribution in [1.82, 2.24) is 0 Å². The predicted octanol–water partition coefficient (Wildman–Crippen LogP) is 4.29. The SMILES string of the molecule is [SiH3]c1cccc2cc3cc4cc5ccccc5cc4cc3cc12. The van der Waals surface area contributed by atoms with Crippen LogP contribution in [-0.4, -0.2) is 10.2 Å². The van der Waals surface area contributed by atoms with Crippen molar-refractivity contribution in [3.05, 3.63) is 78.9 Å². The third kappa shape index (κ3) is 1.97. The summed E-state index contributed by atoms with van der Waals surface area (Å²) in [4.78, 5) is 0. The lowest BCUT2D eigenvalue weighted by Crippen LogP contribution is -2.02. The summed E-state index contributed by atoms with van der Waals surface area (Å²) in [6, 6.07) is 29.2. The fourth-order valence-electron chi connectivity index (χ4n) is 3.63. The van der Waals surface area contributed by atoms with E-state index >= 15 is 0 Å².